The topological polar surface area (TPSA) is 52.6 Å². The molecule has 0 saturated carbocycles. The van der Waals surface area contributed by atoms with Gasteiger partial charge in [-0.3, -0.25) is 9.69 Å². The number of carbonyl (C=O) groups is 2. The van der Waals surface area contributed by atoms with Crippen LogP contribution < -0.4 is 10.2 Å². The Morgan fingerprint density at radius 2 is 1.74 bits per heavy atom. The van der Waals surface area contributed by atoms with Crippen molar-refractivity contribution in [2.75, 3.05) is 23.3 Å². The second-order valence-corrected chi connectivity index (χ2v) is 8.28. The number of urea groups is 1. The van der Waals surface area contributed by atoms with Gasteiger partial charge in [0.15, 0.2) is 0 Å². The molecule has 0 atom stereocenters. The van der Waals surface area contributed by atoms with E-state index in [-0.39, 0.29) is 11.6 Å². The summed E-state index contributed by atoms with van der Waals surface area (Å²) < 4.78 is 38.9. The molecular formula is C26H24F3N3O2. The molecule has 4 rings (SSSR count). The van der Waals surface area contributed by atoms with Gasteiger partial charge in [0, 0.05) is 36.6 Å². The highest BCUT2D eigenvalue weighted by atomic mass is 19.4. The van der Waals surface area contributed by atoms with Crippen LogP contribution >= 0.6 is 0 Å². The highest BCUT2D eigenvalue weighted by molar-refractivity contribution is 6.05. The molecule has 1 saturated heterocycles. The van der Waals surface area contributed by atoms with E-state index in [0.717, 1.165) is 29.7 Å². The molecule has 3 aromatic carbocycles. The van der Waals surface area contributed by atoms with Crippen molar-refractivity contribution in [2.45, 2.75) is 26.1 Å². The predicted octanol–water partition coefficient (Wildman–Crippen LogP) is 6.10. The van der Waals surface area contributed by atoms with Crippen LogP contribution in [0.25, 0.3) is 0 Å². The van der Waals surface area contributed by atoms with E-state index < -0.39 is 17.6 Å². The van der Waals surface area contributed by atoms with Crippen LogP contribution in [0.4, 0.5) is 29.3 Å². The van der Waals surface area contributed by atoms with Crippen molar-refractivity contribution in [1.29, 1.82) is 0 Å². The van der Waals surface area contributed by atoms with E-state index in [9.17, 15) is 22.8 Å². The summed E-state index contributed by atoms with van der Waals surface area (Å²) in [5.41, 5.74) is 2.20. The third kappa shape index (κ3) is 5.39. The average Bonchev–Trinajstić information content (AvgIpc) is 2.80. The molecule has 1 N–H and O–H groups in total. The Morgan fingerprint density at radius 3 is 2.50 bits per heavy atom. The van der Waals surface area contributed by atoms with E-state index in [1.165, 1.54) is 12.1 Å². The van der Waals surface area contributed by atoms with E-state index in [2.05, 4.69) is 11.4 Å². The summed E-state index contributed by atoms with van der Waals surface area (Å²) in [7, 11) is 0. The maximum Gasteiger partial charge on any atom is 0.416 e. The number of anilines is 2. The number of carbonyl (C=O) groups excluding carboxylic acids is 2. The molecule has 5 nitrogen and oxygen atoms in total. The zero-order valence-corrected chi connectivity index (χ0v) is 18.6. The number of nitrogens with one attached hydrogen (secondary N) is 1. The Hall–Kier alpha value is -3.81. The molecule has 0 bridgehead atoms. The lowest BCUT2D eigenvalue weighted by atomic mass is 10.1. The second-order valence-electron chi connectivity index (χ2n) is 8.28. The Bertz CT molecular complexity index is 1210. The number of alkyl halides is 3. The summed E-state index contributed by atoms with van der Waals surface area (Å²) in [6, 6.07) is 18.9. The van der Waals surface area contributed by atoms with Crippen molar-refractivity contribution in [3.63, 3.8) is 0 Å². The van der Waals surface area contributed by atoms with E-state index in [1.54, 1.807) is 34.1 Å². The second kappa shape index (κ2) is 9.59. The van der Waals surface area contributed by atoms with Crippen molar-refractivity contribution in [3.05, 3.63) is 95.1 Å². The number of hydrogen-bond donors (Lipinski definition) is 1. The number of aryl methyl sites for hydroxylation is 1. The van der Waals surface area contributed by atoms with Crippen LogP contribution in [-0.4, -0.2) is 29.9 Å². The van der Waals surface area contributed by atoms with E-state index in [0.29, 0.717) is 31.0 Å². The molecular weight excluding hydrogens is 443 g/mol. The van der Waals surface area contributed by atoms with Gasteiger partial charge in [0.05, 0.1) is 5.56 Å². The van der Waals surface area contributed by atoms with Crippen LogP contribution in [0.15, 0.2) is 72.8 Å². The molecule has 1 aliphatic heterocycles. The van der Waals surface area contributed by atoms with Gasteiger partial charge < -0.3 is 10.2 Å². The van der Waals surface area contributed by atoms with Crippen molar-refractivity contribution < 1.29 is 22.8 Å². The van der Waals surface area contributed by atoms with Crippen molar-refractivity contribution in [2.24, 2.45) is 0 Å². The molecule has 1 fully saturated rings. The number of amides is 3. The average molecular weight is 467 g/mol. The molecule has 3 amide bonds. The smallest absolute Gasteiger partial charge is 0.322 e. The number of hydrogen-bond acceptors (Lipinski definition) is 2. The molecule has 3 aromatic rings. The fourth-order valence-electron chi connectivity index (χ4n) is 3.99. The Kier molecular flexibility index (Phi) is 6.58. The monoisotopic (exact) mass is 467 g/mol. The predicted molar refractivity (Wildman–Crippen MR) is 125 cm³/mol. The molecule has 0 unspecified atom stereocenters. The number of nitrogens with zero attached hydrogens (tertiary/aromatic N) is 2. The Labute approximate surface area is 195 Å². The first kappa shape index (κ1) is 23.4. The quantitative estimate of drug-likeness (QED) is 0.493. The van der Waals surface area contributed by atoms with Gasteiger partial charge in [-0.2, -0.15) is 13.2 Å². The van der Waals surface area contributed by atoms with Crippen molar-refractivity contribution in [1.82, 2.24) is 4.90 Å². The SMILES string of the molecule is Cc1cccc(CN2CCCN(c3cccc(NC(=O)c4cccc(C(F)(F)F)c4)c3)C2=O)c1. The van der Waals surface area contributed by atoms with Gasteiger partial charge in [-0.1, -0.05) is 42.0 Å². The molecule has 0 radical (unpaired) electrons. The third-order valence-electron chi connectivity index (χ3n) is 5.63. The summed E-state index contributed by atoms with van der Waals surface area (Å²) in [6.45, 7) is 3.69. The molecule has 34 heavy (non-hydrogen) atoms. The van der Waals surface area contributed by atoms with Crippen molar-refractivity contribution >= 4 is 23.3 Å². The first-order valence-corrected chi connectivity index (χ1v) is 10.9. The first-order chi connectivity index (χ1) is 16.2. The number of benzene rings is 3. The third-order valence-corrected chi connectivity index (χ3v) is 5.63. The molecule has 1 heterocycles. The highest BCUT2D eigenvalue weighted by Gasteiger charge is 2.31. The van der Waals surface area contributed by atoms with Crippen LogP contribution in [0.3, 0.4) is 0 Å². The molecule has 1 aliphatic rings. The van der Waals surface area contributed by atoms with E-state index in [1.807, 2.05) is 25.1 Å². The lowest BCUT2D eigenvalue weighted by Crippen LogP contribution is -2.49. The minimum atomic E-state index is -4.53. The minimum absolute atomic E-state index is 0.0985. The van der Waals surface area contributed by atoms with Gasteiger partial charge in [-0.15, -0.1) is 0 Å². The van der Waals surface area contributed by atoms with Crippen molar-refractivity contribution in [3.8, 4) is 0 Å². The lowest BCUT2D eigenvalue weighted by molar-refractivity contribution is -0.137. The summed E-state index contributed by atoms with van der Waals surface area (Å²) in [4.78, 5) is 29.2. The van der Waals surface area contributed by atoms with Crippen LogP contribution in [-0.2, 0) is 12.7 Å². The zero-order chi connectivity index (χ0) is 24.3. The van der Waals surface area contributed by atoms with Gasteiger partial charge in [0.1, 0.15) is 0 Å². The Morgan fingerprint density at radius 1 is 0.971 bits per heavy atom. The normalized spacial score (nSPS) is 14.3. The summed E-state index contributed by atoms with van der Waals surface area (Å²) in [5, 5.41) is 2.63. The molecule has 0 aliphatic carbocycles. The van der Waals surface area contributed by atoms with Crippen LogP contribution in [0.1, 0.15) is 33.5 Å². The van der Waals surface area contributed by atoms with E-state index >= 15 is 0 Å². The fourth-order valence-corrected chi connectivity index (χ4v) is 3.99. The van der Waals surface area contributed by atoms with Crippen LogP contribution in [0.2, 0.25) is 0 Å². The van der Waals surface area contributed by atoms with Gasteiger partial charge in [0.2, 0.25) is 0 Å². The molecule has 0 spiro atoms. The molecule has 176 valence electrons. The molecule has 0 aromatic heterocycles. The summed E-state index contributed by atoms with van der Waals surface area (Å²) >= 11 is 0. The van der Waals surface area contributed by atoms with Crippen LogP contribution in [0.5, 0.6) is 0 Å². The van der Waals surface area contributed by atoms with Gasteiger partial charge in [-0.25, -0.2) is 4.79 Å². The van der Waals surface area contributed by atoms with Gasteiger partial charge in [0.25, 0.3) is 5.91 Å². The fraction of sp³-hybridized carbons (Fsp3) is 0.231. The standard InChI is InChI=1S/C26H24F3N3O2/c1-18-6-2-7-19(14-18)17-31-12-5-13-32(25(31)34)23-11-4-10-22(16-23)30-24(33)20-8-3-9-21(15-20)26(27,28)29/h2-4,6-11,14-16H,5,12-13,17H2,1H3,(H,30,33). The summed E-state index contributed by atoms with van der Waals surface area (Å²) in [6.07, 6.45) is -3.74. The molecule has 8 heteroatoms. The van der Waals surface area contributed by atoms with E-state index in [4.69, 9.17) is 0 Å². The number of rotatable bonds is 5. The maximum atomic E-state index is 13.2. The van der Waals surface area contributed by atoms with Gasteiger partial charge in [-0.05, 0) is 55.3 Å². The lowest BCUT2D eigenvalue weighted by Gasteiger charge is -2.36. The minimum Gasteiger partial charge on any atom is -0.322 e. The zero-order valence-electron chi connectivity index (χ0n) is 18.6. The largest absolute Gasteiger partial charge is 0.416 e. The van der Waals surface area contributed by atoms with Crippen LogP contribution in [0, 0.1) is 6.92 Å². The maximum absolute atomic E-state index is 13.2. The highest BCUT2D eigenvalue weighted by Crippen LogP contribution is 2.30. The number of halogens is 3. The Balaban J connectivity index is 1.48. The van der Waals surface area contributed by atoms with Gasteiger partial charge >= 0.3 is 12.2 Å². The summed E-state index contributed by atoms with van der Waals surface area (Å²) in [5.74, 6) is -0.658. The first-order valence-electron chi connectivity index (χ1n) is 10.9.